The number of nitrogens with one attached hydrogen (secondary N) is 1. The smallest absolute Gasteiger partial charge is 0.408 e. The highest BCUT2D eigenvalue weighted by Crippen LogP contribution is 2.27. The van der Waals surface area contributed by atoms with Crippen LogP contribution in [0.1, 0.15) is 43.7 Å². The molecule has 0 saturated heterocycles. The molecule has 1 aromatic heterocycles. The van der Waals surface area contributed by atoms with Crippen LogP contribution >= 0.6 is 0 Å². The first kappa shape index (κ1) is 25.6. The molecule has 0 aliphatic rings. The third-order valence-corrected chi connectivity index (χ3v) is 4.81. The Labute approximate surface area is 204 Å². The molecule has 35 heavy (non-hydrogen) atoms. The van der Waals surface area contributed by atoms with E-state index in [1.165, 1.54) is 6.26 Å². The molecule has 3 rings (SSSR count). The number of esters is 2. The van der Waals surface area contributed by atoms with Crippen LogP contribution in [0.4, 0.5) is 4.79 Å². The summed E-state index contributed by atoms with van der Waals surface area (Å²) in [4.78, 5) is 39.0. The van der Waals surface area contributed by atoms with Crippen molar-refractivity contribution in [2.45, 2.75) is 45.6 Å². The maximum atomic E-state index is 13.2. The first-order valence-corrected chi connectivity index (χ1v) is 11.2. The van der Waals surface area contributed by atoms with Gasteiger partial charge in [0.1, 0.15) is 30.6 Å². The summed E-state index contributed by atoms with van der Waals surface area (Å²) in [7, 11) is 0. The van der Waals surface area contributed by atoms with Gasteiger partial charge in [0.25, 0.3) is 0 Å². The van der Waals surface area contributed by atoms with Crippen LogP contribution in [-0.2, 0) is 37.0 Å². The van der Waals surface area contributed by atoms with E-state index in [1.807, 2.05) is 36.4 Å². The second-order valence-electron chi connectivity index (χ2n) is 8.80. The van der Waals surface area contributed by atoms with Crippen molar-refractivity contribution in [2.75, 3.05) is 0 Å². The molecule has 1 unspecified atom stereocenters. The topological polar surface area (TPSA) is 104 Å². The van der Waals surface area contributed by atoms with Gasteiger partial charge in [0.05, 0.1) is 6.26 Å². The predicted octanol–water partition coefficient (Wildman–Crippen LogP) is 4.95. The summed E-state index contributed by atoms with van der Waals surface area (Å²) in [5.41, 5.74) is 0.688. The van der Waals surface area contributed by atoms with Gasteiger partial charge in [-0.05, 0) is 44.0 Å². The Morgan fingerprint density at radius 2 is 1.31 bits per heavy atom. The van der Waals surface area contributed by atoms with Crippen molar-refractivity contribution in [3.8, 4) is 0 Å². The Hall–Kier alpha value is -4.07. The zero-order chi connectivity index (χ0) is 25.3. The first-order valence-electron chi connectivity index (χ1n) is 11.2. The fourth-order valence-electron chi connectivity index (χ4n) is 3.23. The van der Waals surface area contributed by atoms with Gasteiger partial charge in [-0.2, -0.15) is 0 Å². The summed E-state index contributed by atoms with van der Waals surface area (Å²) in [6.07, 6.45) is 0.552. The van der Waals surface area contributed by atoms with Crippen molar-refractivity contribution in [1.82, 2.24) is 5.32 Å². The van der Waals surface area contributed by atoms with Crippen molar-refractivity contribution in [2.24, 2.45) is 5.92 Å². The average Bonchev–Trinajstić information content (AvgIpc) is 3.36. The minimum atomic E-state index is -1.54. The normalized spacial score (nSPS) is 12.0. The number of hydrogen-bond donors (Lipinski definition) is 1. The van der Waals surface area contributed by atoms with Gasteiger partial charge in [-0.3, -0.25) is 9.59 Å². The van der Waals surface area contributed by atoms with Gasteiger partial charge in [-0.25, -0.2) is 4.79 Å². The highest BCUT2D eigenvalue weighted by Gasteiger charge is 2.42. The lowest BCUT2D eigenvalue weighted by atomic mass is 9.97. The van der Waals surface area contributed by atoms with Gasteiger partial charge >= 0.3 is 18.0 Å². The Bertz CT molecular complexity index is 1030. The van der Waals surface area contributed by atoms with Crippen molar-refractivity contribution < 1.29 is 33.0 Å². The Balaban J connectivity index is 1.85. The molecule has 0 aliphatic heterocycles. The number of ether oxygens (including phenoxy) is 3. The molecule has 0 saturated carbocycles. The van der Waals surface area contributed by atoms with E-state index in [-0.39, 0.29) is 19.0 Å². The van der Waals surface area contributed by atoms with Crippen molar-refractivity contribution in [1.29, 1.82) is 0 Å². The number of amides is 1. The van der Waals surface area contributed by atoms with E-state index in [0.717, 1.165) is 11.1 Å². The minimum Gasteiger partial charge on any atom is -0.467 e. The maximum Gasteiger partial charge on any atom is 0.408 e. The summed E-state index contributed by atoms with van der Waals surface area (Å²) in [5, 5.41) is 2.58. The van der Waals surface area contributed by atoms with Crippen molar-refractivity contribution >= 4 is 18.0 Å². The van der Waals surface area contributed by atoms with Crippen LogP contribution in [0.25, 0.3) is 0 Å². The van der Waals surface area contributed by atoms with E-state index >= 15 is 0 Å². The van der Waals surface area contributed by atoms with Crippen LogP contribution in [0.5, 0.6) is 0 Å². The number of rotatable bonds is 9. The highest BCUT2D eigenvalue weighted by atomic mass is 16.6. The van der Waals surface area contributed by atoms with Crippen LogP contribution in [0.15, 0.2) is 83.5 Å². The zero-order valence-electron chi connectivity index (χ0n) is 19.9. The molecule has 0 fully saturated rings. The van der Waals surface area contributed by atoms with Gasteiger partial charge in [0, 0.05) is 0 Å². The molecular formula is C27H29NO7. The predicted molar refractivity (Wildman–Crippen MR) is 127 cm³/mol. The molecule has 1 amide bonds. The number of furan rings is 1. The molecule has 3 aromatic rings. The van der Waals surface area contributed by atoms with Gasteiger partial charge in [-0.1, -0.05) is 60.7 Å². The van der Waals surface area contributed by atoms with Crippen LogP contribution in [-0.4, -0.2) is 23.6 Å². The Morgan fingerprint density at radius 1 is 0.800 bits per heavy atom. The molecule has 0 spiro atoms. The van der Waals surface area contributed by atoms with Crippen molar-refractivity contribution in [3.63, 3.8) is 0 Å². The SMILES string of the molecule is CC(C)(C)OC(=O)NC(c1ccco1)C(C(=O)OCc1ccccc1)C(=O)OCc1ccccc1. The van der Waals surface area contributed by atoms with Crippen LogP contribution in [0, 0.1) is 5.92 Å². The van der Waals surface area contributed by atoms with Gasteiger partial charge in [0.2, 0.25) is 0 Å². The van der Waals surface area contributed by atoms with Gasteiger partial charge < -0.3 is 23.9 Å². The third kappa shape index (κ3) is 8.03. The average molecular weight is 480 g/mol. The lowest BCUT2D eigenvalue weighted by Crippen LogP contribution is -2.43. The quantitative estimate of drug-likeness (QED) is 0.263. The second kappa shape index (κ2) is 11.9. The fourth-order valence-corrected chi connectivity index (χ4v) is 3.23. The molecule has 8 heteroatoms. The summed E-state index contributed by atoms with van der Waals surface area (Å²) in [5.74, 6) is -3.11. The maximum absolute atomic E-state index is 13.2. The van der Waals surface area contributed by atoms with Gasteiger partial charge in [0.15, 0.2) is 5.92 Å². The number of benzene rings is 2. The van der Waals surface area contributed by atoms with E-state index in [9.17, 15) is 14.4 Å². The molecular weight excluding hydrogens is 450 g/mol. The minimum absolute atomic E-state index is 0.0561. The summed E-state index contributed by atoms with van der Waals surface area (Å²) < 4.78 is 21.7. The van der Waals surface area contributed by atoms with Crippen LogP contribution in [0.2, 0.25) is 0 Å². The molecule has 1 N–H and O–H groups in total. The molecule has 1 atom stereocenters. The summed E-state index contributed by atoms with van der Waals surface area (Å²) in [6.45, 7) is 5.00. The van der Waals surface area contributed by atoms with Gasteiger partial charge in [-0.15, -0.1) is 0 Å². The van der Waals surface area contributed by atoms with Crippen LogP contribution in [0.3, 0.4) is 0 Å². The van der Waals surface area contributed by atoms with E-state index in [4.69, 9.17) is 18.6 Å². The molecule has 2 aromatic carbocycles. The molecule has 0 bridgehead atoms. The monoisotopic (exact) mass is 479 g/mol. The standard InChI is InChI=1S/C27H29NO7/c1-27(2,3)35-26(31)28-23(21-15-10-16-32-21)22(24(29)33-17-19-11-6-4-7-12-19)25(30)34-18-20-13-8-5-9-14-20/h4-16,22-23H,17-18H2,1-3H3,(H,28,31). The number of carbonyl (C=O) groups is 3. The molecule has 1 heterocycles. The summed E-state index contributed by atoms with van der Waals surface area (Å²) in [6, 6.07) is 20.0. The zero-order valence-corrected chi connectivity index (χ0v) is 19.9. The fraction of sp³-hybridized carbons (Fsp3) is 0.296. The Morgan fingerprint density at radius 3 is 1.74 bits per heavy atom. The molecule has 184 valence electrons. The summed E-state index contributed by atoms with van der Waals surface area (Å²) >= 11 is 0. The highest BCUT2D eigenvalue weighted by molar-refractivity contribution is 5.96. The van der Waals surface area contributed by atoms with Crippen molar-refractivity contribution in [3.05, 3.63) is 95.9 Å². The third-order valence-electron chi connectivity index (χ3n) is 4.81. The Kier molecular flexibility index (Phi) is 8.67. The van der Waals surface area contributed by atoms with E-state index in [0.29, 0.717) is 0 Å². The lowest BCUT2D eigenvalue weighted by Gasteiger charge is -2.26. The molecule has 0 aliphatic carbocycles. The molecule has 0 radical (unpaired) electrons. The molecule has 8 nitrogen and oxygen atoms in total. The second-order valence-corrected chi connectivity index (χ2v) is 8.80. The number of hydrogen-bond acceptors (Lipinski definition) is 7. The number of carbonyl (C=O) groups excluding carboxylic acids is 3. The lowest BCUT2D eigenvalue weighted by molar-refractivity contribution is -0.165. The first-order chi connectivity index (χ1) is 16.7. The van der Waals surface area contributed by atoms with E-state index in [2.05, 4.69) is 5.32 Å². The number of alkyl carbamates (subject to hydrolysis) is 1. The van der Waals surface area contributed by atoms with E-state index in [1.54, 1.807) is 57.2 Å². The van der Waals surface area contributed by atoms with E-state index < -0.39 is 35.6 Å². The largest absolute Gasteiger partial charge is 0.467 e. The van der Waals surface area contributed by atoms with Crippen LogP contribution < -0.4 is 5.32 Å².